The summed E-state index contributed by atoms with van der Waals surface area (Å²) in [4.78, 5) is 40.2. The Hall–Kier alpha value is -5.52. The maximum absolute atomic E-state index is 12.9. The molecule has 2 aromatic carbocycles. The van der Waals surface area contributed by atoms with Crippen LogP contribution < -0.4 is 10.1 Å². The first kappa shape index (κ1) is 26.1. The lowest BCUT2D eigenvalue weighted by Gasteiger charge is -2.08. The zero-order valence-corrected chi connectivity index (χ0v) is 21.5. The number of rotatable bonds is 9. The van der Waals surface area contributed by atoms with Crippen LogP contribution in [0.3, 0.4) is 0 Å². The molecule has 0 spiro atoms. The number of ether oxygens (including phenoxy) is 2. The minimum Gasteiger partial charge on any atom is -0.479 e. The summed E-state index contributed by atoms with van der Waals surface area (Å²) in [5, 5.41) is 18.4. The number of esters is 1. The summed E-state index contributed by atoms with van der Waals surface area (Å²) in [5.41, 5.74) is 3.06. The third kappa shape index (κ3) is 5.36. The number of amides is 1. The minimum absolute atomic E-state index is 0.0415. The van der Waals surface area contributed by atoms with Crippen LogP contribution in [0.25, 0.3) is 16.9 Å². The highest BCUT2D eigenvalue weighted by Crippen LogP contribution is 2.29. The second kappa shape index (κ2) is 11.1. The molecule has 1 amide bonds. The van der Waals surface area contributed by atoms with Crippen molar-refractivity contribution in [3.8, 4) is 17.0 Å². The van der Waals surface area contributed by atoms with Crippen molar-refractivity contribution in [2.75, 3.05) is 11.9 Å². The van der Waals surface area contributed by atoms with Crippen molar-refractivity contribution >= 4 is 28.9 Å². The highest BCUT2D eigenvalue weighted by atomic mass is 16.6. The molecule has 12 heteroatoms. The molecular formula is C28H23N5O7. The number of hydrogen-bond acceptors (Lipinski definition) is 9. The quantitative estimate of drug-likeness (QED) is 0.150. The number of fused-ring (bicyclic) bond motifs is 1. The molecule has 202 valence electrons. The van der Waals surface area contributed by atoms with Crippen LogP contribution in [0.5, 0.6) is 5.75 Å². The van der Waals surface area contributed by atoms with Crippen molar-refractivity contribution in [1.82, 2.24) is 14.6 Å². The van der Waals surface area contributed by atoms with Gasteiger partial charge in [-0.05, 0) is 55.8 Å². The van der Waals surface area contributed by atoms with Crippen LogP contribution in [0.15, 0.2) is 77.5 Å². The van der Waals surface area contributed by atoms with E-state index in [2.05, 4.69) is 15.4 Å². The number of anilines is 1. The first-order chi connectivity index (χ1) is 19.3. The molecule has 0 atom stereocenters. The van der Waals surface area contributed by atoms with Crippen molar-refractivity contribution < 1.29 is 28.4 Å². The first-order valence-corrected chi connectivity index (χ1v) is 12.2. The summed E-state index contributed by atoms with van der Waals surface area (Å²) in [6.07, 6.45) is 2.97. The van der Waals surface area contributed by atoms with Crippen LogP contribution in [0.2, 0.25) is 0 Å². The maximum Gasteiger partial charge on any atom is 0.343 e. The Kier molecular flexibility index (Phi) is 7.22. The Bertz CT molecular complexity index is 1740. The normalized spacial score (nSPS) is 10.8. The number of aromatic nitrogens is 3. The fraction of sp³-hybridized carbons (Fsp3) is 0.143. The monoisotopic (exact) mass is 541 g/mol. The van der Waals surface area contributed by atoms with Gasteiger partial charge in [0, 0.05) is 23.5 Å². The summed E-state index contributed by atoms with van der Waals surface area (Å²) >= 11 is 0. The standard InChI is InChI=1S/C28H23N5O7/c1-3-38-28(35)21-15-30-32-22(11-12-29-26(21)32)18-5-4-6-19(14-18)31-27(34)25-10-8-20(40-25)16-39-24-9-7-17(2)13-23(24)33(36)37/h4-15H,3,16H2,1-2H3,(H,31,34). The van der Waals surface area contributed by atoms with Gasteiger partial charge in [0.05, 0.1) is 23.4 Å². The van der Waals surface area contributed by atoms with Crippen molar-refractivity contribution in [3.05, 3.63) is 106 Å². The van der Waals surface area contributed by atoms with Crippen LogP contribution >= 0.6 is 0 Å². The van der Waals surface area contributed by atoms with E-state index in [1.165, 1.54) is 28.9 Å². The molecule has 3 aromatic heterocycles. The minimum atomic E-state index is -0.514. The number of nitro benzene ring substituents is 1. The molecule has 0 saturated heterocycles. The van der Waals surface area contributed by atoms with Crippen molar-refractivity contribution in [1.29, 1.82) is 0 Å². The summed E-state index contributed by atoms with van der Waals surface area (Å²) in [6.45, 7) is 3.61. The molecule has 0 radical (unpaired) electrons. The Morgan fingerprint density at radius 3 is 2.77 bits per heavy atom. The summed E-state index contributed by atoms with van der Waals surface area (Å²) < 4.78 is 17.8. The van der Waals surface area contributed by atoms with Crippen molar-refractivity contribution in [2.45, 2.75) is 20.5 Å². The highest BCUT2D eigenvalue weighted by molar-refractivity contribution is 6.02. The van der Waals surface area contributed by atoms with Crippen molar-refractivity contribution in [2.24, 2.45) is 0 Å². The largest absolute Gasteiger partial charge is 0.479 e. The molecule has 1 N–H and O–H groups in total. The first-order valence-electron chi connectivity index (χ1n) is 12.2. The smallest absolute Gasteiger partial charge is 0.343 e. The topological polar surface area (TPSA) is 151 Å². The van der Waals surface area contributed by atoms with Gasteiger partial charge < -0.3 is 19.2 Å². The van der Waals surface area contributed by atoms with E-state index in [0.717, 1.165) is 11.1 Å². The summed E-state index contributed by atoms with van der Waals surface area (Å²) in [6, 6.07) is 16.5. The number of carbonyl (C=O) groups is 2. The van der Waals surface area contributed by atoms with Gasteiger partial charge >= 0.3 is 11.7 Å². The fourth-order valence-electron chi connectivity index (χ4n) is 4.03. The van der Waals surface area contributed by atoms with Crippen LogP contribution in [0.1, 0.15) is 39.2 Å². The molecule has 0 fully saturated rings. The van der Waals surface area contributed by atoms with Gasteiger partial charge in [0.1, 0.15) is 17.9 Å². The molecular weight excluding hydrogens is 518 g/mol. The van der Waals surface area contributed by atoms with E-state index >= 15 is 0 Å². The van der Waals surface area contributed by atoms with E-state index in [1.54, 1.807) is 56.4 Å². The molecule has 12 nitrogen and oxygen atoms in total. The zero-order valence-electron chi connectivity index (χ0n) is 21.5. The SMILES string of the molecule is CCOC(=O)c1cnn2c(-c3cccc(NC(=O)c4ccc(COc5ccc(C)cc5[N+](=O)[O-])o4)c3)ccnc12. The Morgan fingerprint density at radius 1 is 1.12 bits per heavy atom. The Labute approximate surface area is 227 Å². The van der Waals surface area contributed by atoms with E-state index in [-0.39, 0.29) is 36.0 Å². The number of nitro groups is 1. The Morgan fingerprint density at radius 2 is 1.98 bits per heavy atom. The van der Waals surface area contributed by atoms with Crippen LogP contribution in [-0.2, 0) is 11.3 Å². The molecule has 0 aliphatic rings. The second-order valence-corrected chi connectivity index (χ2v) is 8.66. The predicted octanol–water partition coefficient (Wildman–Crippen LogP) is 5.21. The molecule has 5 rings (SSSR count). The fourth-order valence-corrected chi connectivity index (χ4v) is 4.03. The van der Waals surface area contributed by atoms with Crippen LogP contribution in [0, 0.1) is 17.0 Å². The average Bonchev–Trinajstić information content (AvgIpc) is 3.60. The third-order valence-electron chi connectivity index (χ3n) is 5.88. The molecule has 3 heterocycles. The zero-order chi connectivity index (χ0) is 28.2. The number of benzene rings is 2. The molecule has 0 unspecified atom stereocenters. The Balaban J connectivity index is 1.30. The predicted molar refractivity (Wildman–Crippen MR) is 143 cm³/mol. The molecule has 0 saturated carbocycles. The molecule has 0 aliphatic heterocycles. The van der Waals surface area contributed by atoms with Gasteiger partial charge in [-0.1, -0.05) is 18.2 Å². The molecule has 5 aromatic rings. The van der Waals surface area contributed by atoms with E-state index in [0.29, 0.717) is 22.8 Å². The molecule has 0 aliphatic carbocycles. The lowest BCUT2D eigenvalue weighted by molar-refractivity contribution is -0.386. The third-order valence-corrected chi connectivity index (χ3v) is 5.88. The lowest BCUT2D eigenvalue weighted by atomic mass is 10.1. The van der Waals surface area contributed by atoms with Crippen LogP contribution in [-0.4, -0.2) is 38.0 Å². The number of hydrogen-bond donors (Lipinski definition) is 1. The van der Waals surface area contributed by atoms with Gasteiger partial charge in [0.2, 0.25) is 0 Å². The van der Waals surface area contributed by atoms with E-state index in [4.69, 9.17) is 13.9 Å². The van der Waals surface area contributed by atoms with Gasteiger partial charge in [0.15, 0.2) is 17.2 Å². The van der Waals surface area contributed by atoms with Crippen molar-refractivity contribution in [3.63, 3.8) is 0 Å². The number of carbonyl (C=O) groups excluding carboxylic acids is 2. The van der Waals surface area contributed by atoms with Gasteiger partial charge in [-0.15, -0.1) is 0 Å². The van der Waals surface area contributed by atoms with Gasteiger partial charge in [0.25, 0.3) is 5.91 Å². The molecule has 0 bridgehead atoms. The number of furan rings is 1. The summed E-state index contributed by atoms with van der Waals surface area (Å²) in [5.74, 6) is -0.535. The lowest BCUT2D eigenvalue weighted by Crippen LogP contribution is -2.11. The van der Waals surface area contributed by atoms with E-state index < -0.39 is 16.8 Å². The van der Waals surface area contributed by atoms with E-state index in [1.807, 2.05) is 6.07 Å². The van der Waals surface area contributed by atoms with Gasteiger partial charge in [-0.2, -0.15) is 5.10 Å². The van der Waals surface area contributed by atoms with Gasteiger partial charge in [-0.25, -0.2) is 14.3 Å². The van der Waals surface area contributed by atoms with E-state index in [9.17, 15) is 19.7 Å². The number of nitrogens with one attached hydrogen (secondary N) is 1. The van der Waals surface area contributed by atoms with Gasteiger partial charge in [-0.3, -0.25) is 14.9 Å². The molecule has 40 heavy (non-hydrogen) atoms. The van der Waals surface area contributed by atoms with Crippen LogP contribution in [0.4, 0.5) is 11.4 Å². The maximum atomic E-state index is 12.9. The highest BCUT2D eigenvalue weighted by Gasteiger charge is 2.19. The summed E-state index contributed by atoms with van der Waals surface area (Å²) in [7, 11) is 0. The second-order valence-electron chi connectivity index (χ2n) is 8.66. The average molecular weight is 542 g/mol. The number of aryl methyl sites for hydroxylation is 1. The number of nitrogens with zero attached hydrogens (tertiary/aromatic N) is 4.